The van der Waals surface area contributed by atoms with E-state index in [9.17, 15) is 15.0 Å². The summed E-state index contributed by atoms with van der Waals surface area (Å²) in [6, 6.07) is 0. The van der Waals surface area contributed by atoms with E-state index in [1.165, 1.54) is 77.0 Å². The van der Waals surface area contributed by atoms with Gasteiger partial charge in [0.05, 0.1) is 0 Å². The smallest absolute Gasteiger partial charge is 0.335 e. The van der Waals surface area contributed by atoms with Crippen LogP contribution in [-0.4, -0.2) is 21.8 Å². The van der Waals surface area contributed by atoms with Gasteiger partial charge < -0.3 is 10.2 Å². The zero-order chi connectivity index (χ0) is 21.8. The first-order valence-corrected chi connectivity index (χ1v) is 13.0. The van der Waals surface area contributed by atoms with Crippen molar-refractivity contribution in [1.29, 1.82) is 0 Å². The van der Waals surface area contributed by atoms with Crippen LogP contribution in [-0.2, 0) is 4.79 Å². The fraction of sp³-hybridized carbons (Fsp3) is 0.962. The average Bonchev–Trinajstić information content (AvgIpc) is 2.71. The van der Waals surface area contributed by atoms with Gasteiger partial charge in [-0.2, -0.15) is 0 Å². The van der Waals surface area contributed by atoms with Gasteiger partial charge in [0.15, 0.2) is 5.60 Å². The van der Waals surface area contributed by atoms with Crippen molar-refractivity contribution in [2.75, 3.05) is 0 Å². The molecule has 0 radical (unpaired) electrons. The molecule has 174 valence electrons. The Morgan fingerprint density at radius 3 is 1.48 bits per heavy atom. The maximum Gasteiger partial charge on any atom is 0.335 e. The maximum absolute atomic E-state index is 11.7. The van der Waals surface area contributed by atoms with E-state index in [-0.39, 0.29) is 0 Å². The van der Waals surface area contributed by atoms with E-state index >= 15 is 0 Å². The molecule has 0 amide bonds. The molecule has 0 aromatic rings. The summed E-state index contributed by atoms with van der Waals surface area (Å²) in [4.78, 5) is 11.7. The summed E-state index contributed by atoms with van der Waals surface area (Å²) < 4.78 is 0. The quantitative estimate of drug-likeness (QED) is 0.176. The van der Waals surface area contributed by atoms with Gasteiger partial charge in [0.2, 0.25) is 0 Å². The molecule has 3 heteroatoms. The molecule has 3 nitrogen and oxygen atoms in total. The van der Waals surface area contributed by atoms with Crippen LogP contribution in [0.5, 0.6) is 0 Å². The van der Waals surface area contributed by atoms with E-state index in [4.69, 9.17) is 0 Å². The molecule has 0 rings (SSSR count). The fourth-order valence-electron chi connectivity index (χ4n) is 4.33. The summed E-state index contributed by atoms with van der Waals surface area (Å²) in [5, 5.41) is 20.2. The van der Waals surface area contributed by atoms with Crippen molar-refractivity contribution >= 4 is 5.97 Å². The number of carbonyl (C=O) groups is 1. The maximum atomic E-state index is 11.7. The SMILES string of the molecule is CCCCCCCCCCCCCCCCC(O)(CC(CC)CCCC)C(=O)O. The molecule has 0 saturated heterocycles. The van der Waals surface area contributed by atoms with Crippen LogP contribution in [0.3, 0.4) is 0 Å². The van der Waals surface area contributed by atoms with E-state index < -0.39 is 11.6 Å². The first kappa shape index (κ1) is 28.4. The van der Waals surface area contributed by atoms with Crippen molar-refractivity contribution in [3.05, 3.63) is 0 Å². The Bertz CT molecular complexity index is 369. The van der Waals surface area contributed by atoms with Crippen molar-refractivity contribution < 1.29 is 15.0 Å². The van der Waals surface area contributed by atoms with Crippen LogP contribution in [0.15, 0.2) is 0 Å². The molecule has 0 heterocycles. The van der Waals surface area contributed by atoms with Crippen LogP contribution >= 0.6 is 0 Å². The molecule has 0 fully saturated rings. The largest absolute Gasteiger partial charge is 0.479 e. The summed E-state index contributed by atoms with van der Waals surface area (Å²) in [6.45, 7) is 6.53. The summed E-state index contributed by atoms with van der Waals surface area (Å²) in [7, 11) is 0. The minimum Gasteiger partial charge on any atom is -0.479 e. The van der Waals surface area contributed by atoms with Crippen molar-refractivity contribution in [2.45, 2.75) is 155 Å². The number of carboxylic acid groups (broad SMARTS) is 1. The minimum absolute atomic E-state index is 0.322. The van der Waals surface area contributed by atoms with Gasteiger partial charge in [0.1, 0.15) is 0 Å². The molecular weight excluding hydrogens is 360 g/mol. The van der Waals surface area contributed by atoms with Gasteiger partial charge in [-0.1, -0.05) is 130 Å². The second kappa shape index (κ2) is 19.4. The molecular formula is C26H52O3. The Balaban J connectivity index is 3.75. The summed E-state index contributed by atoms with van der Waals surface area (Å²) in [6.07, 6.45) is 23.0. The van der Waals surface area contributed by atoms with E-state index in [0.717, 1.165) is 38.5 Å². The second-order valence-electron chi connectivity index (χ2n) is 9.30. The Kier molecular flexibility index (Phi) is 19.0. The third kappa shape index (κ3) is 15.9. The Labute approximate surface area is 182 Å². The number of hydrogen-bond acceptors (Lipinski definition) is 2. The van der Waals surface area contributed by atoms with Crippen molar-refractivity contribution in [3.63, 3.8) is 0 Å². The normalized spacial score (nSPS) is 14.6. The molecule has 0 aromatic heterocycles. The van der Waals surface area contributed by atoms with Crippen LogP contribution in [0.2, 0.25) is 0 Å². The zero-order valence-corrected chi connectivity index (χ0v) is 20.0. The van der Waals surface area contributed by atoms with Gasteiger partial charge in [0, 0.05) is 0 Å². The van der Waals surface area contributed by atoms with Gasteiger partial charge in [-0.05, 0) is 25.2 Å². The minimum atomic E-state index is -1.52. The second-order valence-corrected chi connectivity index (χ2v) is 9.30. The van der Waals surface area contributed by atoms with Gasteiger partial charge in [-0.15, -0.1) is 0 Å². The van der Waals surface area contributed by atoms with Crippen LogP contribution < -0.4 is 0 Å². The molecule has 2 atom stereocenters. The van der Waals surface area contributed by atoms with Gasteiger partial charge in [0.25, 0.3) is 0 Å². The predicted molar refractivity (Wildman–Crippen MR) is 125 cm³/mol. The van der Waals surface area contributed by atoms with Crippen LogP contribution in [0.4, 0.5) is 0 Å². The first-order valence-electron chi connectivity index (χ1n) is 13.0. The van der Waals surface area contributed by atoms with Gasteiger partial charge in [-0.25, -0.2) is 4.79 Å². The molecule has 2 unspecified atom stereocenters. The van der Waals surface area contributed by atoms with E-state index in [1.54, 1.807) is 0 Å². The first-order chi connectivity index (χ1) is 14.0. The Morgan fingerprint density at radius 1 is 0.690 bits per heavy atom. The third-order valence-electron chi connectivity index (χ3n) is 6.51. The molecule has 0 aromatic carbocycles. The lowest BCUT2D eigenvalue weighted by atomic mass is 9.82. The monoisotopic (exact) mass is 412 g/mol. The lowest BCUT2D eigenvalue weighted by Crippen LogP contribution is -2.40. The third-order valence-corrected chi connectivity index (χ3v) is 6.51. The van der Waals surface area contributed by atoms with Gasteiger partial charge >= 0.3 is 5.97 Å². The standard InChI is InChI=1S/C26H52O3/c1-4-7-9-10-11-12-13-14-15-16-17-18-19-20-22-26(29,25(27)28)23-24(6-3)21-8-5-2/h24,29H,4-23H2,1-3H3,(H,27,28). The number of unbranched alkanes of at least 4 members (excludes halogenated alkanes) is 14. The molecule has 0 aliphatic heterocycles. The van der Waals surface area contributed by atoms with Crippen molar-refractivity contribution in [3.8, 4) is 0 Å². The van der Waals surface area contributed by atoms with E-state index in [0.29, 0.717) is 18.8 Å². The highest BCUT2D eigenvalue weighted by molar-refractivity contribution is 5.77. The molecule has 0 saturated carbocycles. The molecule has 0 aliphatic rings. The summed E-state index contributed by atoms with van der Waals surface area (Å²) in [5.74, 6) is -0.704. The molecule has 0 bridgehead atoms. The van der Waals surface area contributed by atoms with Crippen molar-refractivity contribution in [2.24, 2.45) is 5.92 Å². The molecule has 0 aliphatic carbocycles. The number of aliphatic hydroxyl groups is 1. The molecule has 29 heavy (non-hydrogen) atoms. The number of carboxylic acids is 1. The zero-order valence-electron chi connectivity index (χ0n) is 20.0. The number of aliphatic carboxylic acids is 1. The summed E-state index contributed by atoms with van der Waals surface area (Å²) in [5.41, 5.74) is -1.52. The highest BCUT2D eigenvalue weighted by Crippen LogP contribution is 2.29. The molecule has 2 N–H and O–H groups in total. The number of hydrogen-bond donors (Lipinski definition) is 2. The average molecular weight is 413 g/mol. The lowest BCUT2D eigenvalue weighted by Gasteiger charge is -2.28. The lowest BCUT2D eigenvalue weighted by molar-refractivity contribution is -0.161. The molecule has 0 spiro atoms. The summed E-state index contributed by atoms with van der Waals surface area (Å²) >= 11 is 0. The van der Waals surface area contributed by atoms with Crippen LogP contribution in [0.25, 0.3) is 0 Å². The topological polar surface area (TPSA) is 57.5 Å². The van der Waals surface area contributed by atoms with Gasteiger partial charge in [-0.3, -0.25) is 0 Å². The van der Waals surface area contributed by atoms with Crippen molar-refractivity contribution in [1.82, 2.24) is 0 Å². The van der Waals surface area contributed by atoms with E-state index in [1.807, 2.05) is 0 Å². The predicted octanol–water partition coefficient (Wildman–Crippen LogP) is 8.28. The Hall–Kier alpha value is -0.570. The highest BCUT2D eigenvalue weighted by atomic mass is 16.4. The van der Waals surface area contributed by atoms with E-state index in [2.05, 4.69) is 20.8 Å². The van der Waals surface area contributed by atoms with Crippen LogP contribution in [0, 0.1) is 5.92 Å². The fourth-order valence-corrected chi connectivity index (χ4v) is 4.33. The highest BCUT2D eigenvalue weighted by Gasteiger charge is 2.37. The Morgan fingerprint density at radius 2 is 1.10 bits per heavy atom. The van der Waals surface area contributed by atoms with Crippen LogP contribution in [0.1, 0.15) is 149 Å². The number of rotatable bonds is 22.